The van der Waals surface area contributed by atoms with Crippen molar-refractivity contribution in [2.24, 2.45) is 0 Å². The molecule has 0 heterocycles. The zero-order chi connectivity index (χ0) is 13.5. The molecule has 0 saturated heterocycles. The highest BCUT2D eigenvalue weighted by Gasteiger charge is 2.23. The maximum Gasteiger partial charge on any atom is 0.295 e. The van der Waals surface area contributed by atoms with E-state index in [0.717, 1.165) is 4.90 Å². The van der Waals surface area contributed by atoms with Crippen molar-refractivity contribution in [3.63, 3.8) is 0 Å². The van der Waals surface area contributed by atoms with E-state index in [4.69, 9.17) is 16.7 Å². The first-order chi connectivity index (χ1) is 8.61. The second-order valence-electron chi connectivity index (χ2n) is 3.55. The molecule has 0 spiro atoms. The van der Waals surface area contributed by atoms with Crippen LogP contribution in [0, 0.1) is 0 Å². The van der Waals surface area contributed by atoms with Crippen molar-refractivity contribution in [2.75, 3.05) is 19.0 Å². The fourth-order valence-corrected chi connectivity index (χ4v) is 1.57. The molecule has 0 atom stereocenters. The van der Waals surface area contributed by atoms with Crippen LogP contribution in [-0.4, -0.2) is 40.7 Å². The summed E-state index contributed by atoms with van der Waals surface area (Å²) in [6, 6.07) is 8.96. The Morgan fingerprint density at radius 1 is 1.28 bits per heavy atom. The van der Waals surface area contributed by atoms with Gasteiger partial charge in [-0.3, -0.25) is 9.59 Å². The number of benzene rings is 1. The third kappa shape index (κ3) is 3.42. The zero-order valence-electron chi connectivity index (χ0n) is 9.80. The van der Waals surface area contributed by atoms with Crippen LogP contribution in [0.25, 0.3) is 5.70 Å². The number of aliphatic hydroxyl groups is 1. The largest absolute Gasteiger partial charge is 0.395 e. The van der Waals surface area contributed by atoms with Gasteiger partial charge >= 0.3 is 0 Å². The molecule has 0 radical (unpaired) electrons. The first-order valence-corrected chi connectivity index (χ1v) is 5.91. The lowest BCUT2D eigenvalue weighted by molar-refractivity contribution is -0.141. The molecule has 0 fully saturated rings. The average Bonchev–Trinajstić information content (AvgIpc) is 2.43. The number of carbonyl (C=O) groups is 2. The Hall–Kier alpha value is -1.65. The maximum atomic E-state index is 11.8. The van der Waals surface area contributed by atoms with Gasteiger partial charge in [-0.2, -0.15) is 0 Å². The fraction of sp³-hybridized carbons (Fsp3) is 0.231. The molecule has 0 saturated carbocycles. The third-order valence-electron chi connectivity index (χ3n) is 2.36. The molecule has 0 aromatic heterocycles. The summed E-state index contributed by atoms with van der Waals surface area (Å²) in [4.78, 5) is 24.3. The number of nitrogens with zero attached hydrogens (tertiary/aromatic N) is 1. The molecule has 5 heteroatoms. The summed E-state index contributed by atoms with van der Waals surface area (Å²) >= 11 is 5.35. The third-order valence-corrected chi connectivity index (χ3v) is 2.60. The van der Waals surface area contributed by atoms with Gasteiger partial charge in [-0.1, -0.05) is 36.9 Å². The molecule has 96 valence electrons. The van der Waals surface area contributed by atoms with E-state index in [2.05, 4.69) is 6.58 Å². The quantitative estimate of drug-likeness (QED) is 0.624. The van der Waals surface area contributed by atoms with Crippen molar-refractivity contribution in [3.05, 3.63) is 42.5 Å². The number of ketones is 1. The van der Waals surface area contributed by atoms with Crippen LogP contribution in [0.4, 0.5) is 0 Å². The van der Waals surface area contributed by atoms with Gasteiger partial charge in [0.1, 0.15) is 0 Å². The highest BCUT2D eigenvalue weighted by molar-refractivity contribution is 6.47. The topological polar surface area (TPSA) is 57.6 Å². The molecule has 0 aliphatic rings. The van der Waals surface area contributed by atoms with Crippen LogP contribution in [0.2, 0.25) is 0 Å². The van der Waals surface area contributed by atoms with Gasteiger partial charge in [-0.15, -0.1) is 11.6 Å². The molecular weight excluding hydrogens is 254 g/mol. The summed E-state index contributed by atoms with van der Waals surface area (Å²) in [5, 5.41) is 8.96. The Balaban J connectivity index is 2.95. The minimum absolute atomic E-state index is 0.00912. The number of carbonyl (C=O) groups excluding carboxylic acids is 2. The summed E-state index contributed by atoms with van der Waals surface area (Å²) in [5.74, 6) is -1.86. The van der Waals surface area contributed by atoms with Gasteiger partial charge in [0.05, 0.1) is 12.5 Å². The lowest BCUT2D eigenvalue weighted by atomic mass is 10.1. The van der Waals surface area contributed by atoms with E-state index in [1.54, 1.807) is 24.3 Å². The lowest BCUT2D eigenvalue weighted by Crippen LogP contribution is -2.37. The van der Waals surface area contributed by atoms with Gasteiger partial charge < -0.3 is 10.0 Å². The predicted molar refractivity (Wildman–Crippen MR) is 70.0 cm³/mol. The van der Waals surface area contributed by atoms with Crippen LogP contribution in [-0.2, 0) is 9.59 Å². The van der Waals surface area contributed by atoms with Gasteiger partial charge in [0.15, 0.2) is 0 Å². The summed E-state index contributed by atoms with van der Waals surface area (Å²) in [6.45, 7) is 3.53. The number of Topliss-reactive ketones (excluding diaryl/α,β-unsaturated/α-hetero) is 1. The van der Waals surface area contributed by atoms with E-state index in [1.807, 2.05) is 6.07 Å². The molecule has 1 aromatic rings. The molecule has 1 aromatic carbocycles. The van der Waals surface area contributed by atoms with Crippen molar-refractivity contribution in [1.82, 2.24) is 4.90 Å². The van der Waals surface area contributed by atoms with Gasteiger partial charge in [-0.05, 0) is 5.56 Å². The van der Waals surface area contributed by atoms with E-state index in [1.165, 1.54) is 0 Å². The van der Waals surface area contributed by atoms with Gasteiger partial charge in [0.2, 0.25) is 5.78 Å². The van der Waals surface area contributed by atoms with Crippen LogP contribution in [0.1, 0.15) is 5.56 Å². The Morgan fingerprint density at radius 2 is 1.89 bits per heavy atom. The number of halogens is 1. The highest BCUT2D eigenvalue weighted by atomic mass is 35.5. The Labute approximate surface area is 110 Å². The predicted octanol–water partition coefficient (Wildman–Crippen LogP) is 1.29. The number of hydrogen-bond donors (Lipinski definition) is 1. The van der Waals surface area contributed by atoms with E-state index < -0.39 is 11.7 Å². The highest BCUT2D eigenvalue weighted by Crippen LogP contribution is 2.17. The first-order valence-electron chi connectivity index (χ1n) is 5.37. The number of aliphatic hydroxyl groups excluding tert-OH is 1. The molecule has 1 amide bonds. The Morgan fingerprint density at radius 3 is 2.39 bits per heavy atom. The molecule has 0 aliphatic heterocycles. The number of hydrogen-bond acceptors (Lipinski definition) is 3. The normalized spacial score (nSPS) is 9.89. The standard InChI is InChI=1S/C13H14ClNO3/c1-10(11-5-3-2-4-6-11)15(7-8-16)13(18)12(17)9-14/h2-6,16H,1,7-9H2. The Bertz CT molecular complexity index is 445. The molecule has 0 bridgehead atoms. The van der Waals surface area contributed by atoms with E-state index in [-0.39, 0.29) is 19.0 Å². The van der Waals surface area contributed by atoms with Crippen LogP contribution in [0.3, 0.4) is 0 Å². The minimum Gasteiger partial charge on any atom is -0.395 e. The fourth-order valence-electron chi connectivity index (χ4n) is 1.45. The minimum atomic E-state index is -0.757. The van der Waals surface area contributed by atoms with Crippen molar-refractivity contribution in [3.8, 4) is 0 Å². The van der Waals surface area contributed by atoms with Gasteiger partial charge in [-0.25, -0.2) is 0 Å². The van der Waals surface area contributed by atoms with Crippen LogP contribution in [0.5, 0.6) is 0 Å². The maximum absolute atomic E-state index is 11.8. The SMILES string of the molecule is C=C(c1ccccc1)N(CCO)C(=O)C(=O)CCl. The second kappa shape index (κ2) is 6.93. The summed E-state index contributed by atoms with van der Waals surface area (Å²) in [5.41, 5.74) is 1.08. The number of alkyl halides is 1. The second-order valence-corrected chi connectivity index (χ2v) is 3.82. The van der Waals surface area contributed by atoms with Crippen LogP contribution >= 0.6 is 11.6 Å². The molecule has 18 heavy (non-hydrogen) atoms. The average molecular weight is 268 g/mol. The molecule has 4 nitrogen and oxygen atoms in total. The van der Waals surface area contributed by atoms with Crippen LogP contribution < -0.4 is 0 Å². The monoisotopic (exact) mass is 267 g/mol. The van der Waals surface area contributed by atoms with Gasteiger partial charge in [0.25, 0.3) is 5.91 Å². The lowest BCUT2D eigenvalue weighted by Gasteiger charge is -2.23. The van der Waals surface area contributed by atoms with E-state index in [0.29, 0.717) is 11.3 Å². The molecule has 1 N–H and O–H groups in total. The Kier molecular flexibility index (Phi) is 5.55. The van der Waals surface area contributed by atoms with E-state index >= 15 is 0 Å². The summed E-state index contributed by atoms with van der Waals surface area (Å²) in [6.07, 6.45) is 0. The number of amides is 1. The van der Waals surface area contributed by atoms with Crippen LogP contribution in [0.15, 0.2) is 36.9 Å². The van der Waals surface area contributed by atoms with E-state index in [9.17, 15) is 9.59 Å². The molecule has 1 rings (SSSR count). The van der Waals surface area contributed by atoms with Crippen molar-refractivity contribution in [2.45, 2.75) is 0 Å². The van der Waals surface area contributed by atoms with Crippen molar-refractivity contribution >= 4 is 29.0 Å². The molecular formula is C13H14ClNO3. The smallest absolute Gasteiger partial charge is 0.295 e. The zero-order valence-corrected chi connectivity index (χ0v) is 10.6. The van der Waals surface area contributed by atoms with Gasteiger partial charge in [0, 0.05) is 12.2 Å². The number of rotatable bonds is 6. The summed E-state index contributed by atoms with van der Waals surface area (Å²) in [7, 11) is 0. The molecule has 0 unspecified atom stereocenters. The molecule has 0 aliphatic carbocycles. The first kappa shape index (κ1) is 14.4. The van der Waals surface area contributed by atoms with Crippen molar-refractivity contribution in [1.29, 1.82) is 0 Å². The van der Waals surface area contributed by atoms with Crippen molar-refractivity contribution < 1.29 is 14.7 Å². The summed E-state index contributed by atoms with van der Waals surface area (Å²) < 4.78 is 0.